The summed E-state index contributed by atoms with van der Waals surface area (Å²) in [5, 5.41) is 0.955. The van der Waals surface area contributed by atoms with E-state index in [9.17, 15) is 4.79 Å². The number of fused-ring (bicyclic) bond motifs is 1. The van der Waals surface area contributed by atoms with Crippen molar-refractivity contribution in [2.24, 2.45) is 4.99 Å². The van der Waals surface area contributed by atoms with E-state index < -0.39 is 0 Å². The first-order valence-corrected chi connectivity index (χ1v) is 12.5. The molecule has 1 aliphatic rings. The SMILES string of the molecule is CCN(CC)C(=O)c1sc2nc(-c3ccc(Br)cc3)cc(C)c2c1N=CN1CCOCC1. The fourth-order valence-electron chi connectivity index (χ4n) is 3.79. The highest BCUT2D eigenvalue weighted by molar-refractivity contribution is 9.10. The van der Waals surface area contributed by atoms with Crippen LogP contribution in [-0.2, 0) is 4.74 Å². The Labute approximate surface area is 201 Å². The number of aromatic nitrogens is 1. The minimum atomic E-state index is 0.0109. The molecule has 8 heteroatoms. The van der Waals surface area contributed by atoms with Crippen molar-refractivity contribution in [1.29, 1.82) is 0 Å². The molecule has 0 saturated carbocycles. The molecule has 0 atom stereocenters. The van der Waals surface area contributed by atoms with Gasteiger partial charge in [-0.2, -0.15) is 0 Å². The summed E-state index contributed by atoms with van der Waals surface area (Å²) in [7, 11) is 0. The van der Waals surface area contributed by atoms with Crippen LogP contribution in [0.3, 0.4) is 0 Å². The average molecular weight is 515 g/mol. The van der Waals surface area contributed by atoms with Crippen LogP contribution in [0.4, 0.5) is 5.69 Å². The molecular formula is C24H27BrN4O2S. The number of pyridine rings is 1. The number of amides is 1. The van der Waals surface area contributed by atoms with E-state index in [-0.39, 0.29) is 5.91 Å². The first-order chi connectivity index (χ1) is 15.5. The molecule has 0 bridgehead atoms. The largest absolute Gasteiger partial charge is 0.378 e. The number of hydrogen-bond acceptors (Lipinski definition) is 5. The van der Waals surface area contributed by atoms with Gasteiger partial charge in [0.05, 0.1) is 30.9 Å². The first kappa shape index (κ1) is 22.9. The summed E-state index contributed by atoms with van der Waals surface area (Å²) in [5.41, 5.74) is 3.73. The number of benzene rings is 1. The van der Waals surface area contributed by atoms with Gasteiger partial charge in [-0.05, 0) is 44.5 Å². The number of carbonyl (C=O) groups excluding carboxylic acids is 1. The second-order valence-corrected chi connectivity index (χ2v) is 9.58. The van der Waals surface area contributed by atoms with Crippen molar-refractivity contribution in [3.8, 4) is 11.3 Å². The predicted molar refractivity (Wildman–Crippen MR) is 135 cm³/mol. The molecule has 0 N–H and O–H groups in total. The molecule has 1 amide bonds. The molecule has 0 unspecified atom stereocenters. The number of halogens is 1. The zero-order chi connectivity index (χ0) is 22.7. The topological polar surface area (TPSA) is 58.0 Å². The number of nitrogens with zero attached hydrogens (tertiary/aromatic N) is 4. The predicted octanol–water partition coefficient (Wildman–Crippen LogP) is 5.51. The van der Waals surface area contributed by atoms with Crippen molar-refractivity contribution in [1.82, 2.24) is 14.8 Å². The van der Waals surface area contributed by atoms with Crippen molar-refractivity contribution in [3.05, 3.63) is 45.2 Å². The highest BCUT2D eigenvalue weighted by atomic mass is 79.9. The summed E-state index contributed by atoms with van der Waals surface area (Å²) in [5.74, 6) is 0.0109. The van der Waals surface area contributed by atoms with Gasteiger partial charge in [-0.15, -0.1) is 11.3 Å². The van der Waals surface area contributed by atoms with Gasteiger partial charge in [0.1, 0.15) is 9.71 Å². The van der Waals surface area contributed by atoms with E-state index in [0.29, 0.717) is 31.2 Å². The third kappa shape index (κ3) is 4.72. The lowest BCUT2D eigenvalue weighted by molar-refractivity contribution is 0.0700. The number of morpholine rings is 1. The standard InChI is InChI=1S/C24H27BrN4O2S/c1-4-29(5-2)24(30)22-21(26-15-28-10-12-31-13-11-28)20-16(3)14-19(27-23(20)32-22)17-6-8-18(25)9-7-17/h6-9,14-15H,4-5,10-13H2,1-3H3. The number of carbonyl (C=O) groups is 1. The van der Waals surface area contributed by atoms with E-state index in [0.717, 1.165) is 50.3 Å². The maximum absolute atomic E-state index is 13.3. The second-order valence-electron chi connectivity index (χ2n) is 7.66. The van der Waals surface area contributed by atoms with E-state index in [4.69, 9.17) is 14.7 Å². The van der Waals surface area contributed by atoms with Crippen LogP contribution in [0.2, 0.25) is 0 Å². The van der Waals surface area contributed by atoms with Crippen LogP contribution in [0.5, 0.6) is 0 Å². The van der Waals surface area contributed by atoms with Crippen molar-refractivity contribution in [2.45, 2.75) is 20.8 Å². The molecule has 0 aliphatic carbocycles. The van der Waals surface area contributed by atoms with Gasteiger partial charge in [-0.25, -0.2) is 9.98 Å². The minimum Gasteiger partial charge on any atom is -0.378 e. The van der Waals surface area contributed by atoms with Crippen molar-refractivity contribution >= 4 is 55.4 Å². The number of aliphatic imine (C=N–C) groups is 1. The van der Waals surface area contributed by atoms with Crippen LogP contribution in [0.1, 0.15) is 29.1 Å². The lowest BCUT2D eigenvalue weighted by Gasteiger charge is -2.24. The Hall–Kier alpha value is -2.29. The Bertz CT molecular complexity index is 1130. The maximum atomic E-state index is 13.3. The lowest BCUT2D eigenvalue weighted by Crippen LogP contribution is -2.35. The van der Waals surface area contributed by atoms with E-state index in [1.165, 1.54) is 11.3 Å². The van der Waals surface area contributed by atoms with Crippen LogP contribution >= 0.6 is 27.3 Å². The van der Waals surface area contributed by atoms with Gasteiger partial charge in [0.25, 0.3) is 5.91 Å². The van der Waals surface area contributed by atoms with Crippen molar-refractivity contribution < 1.29 is 9.53 Å². The molecule has 168 valence electrons. The molecule has 0 spiro atoms. The van der Waals surface area contributed by atoms with Crippen molar-refractivity contribution in [2.75, 3.05) is 39.4 Å². The van der Waals surface area contributed by atoms with Gasteiger partial charge in [-0.1, -0.05) is 28.1 Å². The van der Waals surface area contributed by atoms with Crippen LogP contribution in [0.25, 0.3) is 21.5 Å². The number of aryl methyl sites for hydroxylation is 1. The molecule has 4 rings (SSSR count). The fourth-order valence-corrected chi connectivity index (χ4v) is 5.22. The summed E-state index contributed by atoms with van der Waals surface area (Å²) in [6, 6.07) is 10.2. The van der Waals surface area contributed by atoms with Gasteiger partial charge in [0, 0.05) is 41.6 Å². The number of thiophene rings is 1. The van der Waals surface area contributed by atoms with E-state index in [1.807, 2.05) is 49.4 Å². The summed E-state index contributed by atoms with van der Waals surface area (Å²) in [6.45, 7) is 10.4. The van der Waals surface area contributed by atoms with Crippen LogP contribution in [0, 0.1) is 6.92 Å². The Morgan fingerprint density at radius 3 is 2.59 bits per heavy atom. The quantitative estimate of drug-likeness (QED) is 0.321. The maximum Gasteiger partial charge on any atom is 0.266 e. The monoisotopic (exact) mass is 514 g/mol. The Morgan fingerprint density at radius 2 is 1.94 bits per heavy atom. The van der Waals surface area contributed by atoms with Gasteiger partial charge >= 0.3 is 0 Å². The van der Waals surface area contributed by atoms with Gasteiger partial charge < -0.3 is 14.5 Å². The Morgan fingerprint density at radius 1 is 1.25 bits per heavy atom. The zero-order valence-corrected chi connectivity index (χ0v) is 21.0. The number of hydrogen-bond donors (Lipinski definition) is 0. The molecule has 3 heterocycles. The molecule has 0 radical (unpaired) electrons. The molecule has 1 aliphatic heterocycles. The summed E-state index contributed by atoms with van der Waals surface area (Å²) in [6.07, 6.45) is 1.85. The molecule has 1 fully saturated rings. The van der Waals surface area contributed by atoms with Crippen LogP contribution < -0.4 is 0 Å². The van der Waals surface area contributed by atoms with Crippen LogP contribution in [0.15, 0.2) is 39.8 Å². The average Bonchev–Trinajstić information content (AvgIpc) is 3.18. The zero-order valence-electron chi connectivity index (χ0n) is 18.6. The smallest absolute Gasteiger partial charge is 0.266 e. The number of ether oxygens (including phenoxy) is 1. The molecule has 6 nitrogen and oxygen atoms in total. The molecule has 1 aromatic carbocycles. The number of rotatable bonds is 6. The Balaban J connectivity index is 1.83. The third-order valence-corrected chi connectivity index (χ3v) is 7.20. The highest BCUT2D eigenvalue weighted by Gasteiger charge is 2.24. The molecule has 2 aromatic heterocycles. The molecule has 32 heavy (non-hydrogen) atoms. The third-order valence-electron chi connectivity index (χ3n) is 5.61. The Kier molecular flexibility index (Phi) is 7.23. The first-order valence-electron chi connectivity index (χ1n) is 10.9. The highest BCUT2D eigenvalue weighted by Crippen LogP contribution is 2.41. The van der Waals surface area contributed by atoms with E-state index >= 15 is 0 Å². The summed E-state index contributed by atoms with van der Waals surface area (Å²) in [4.78, 5) is 28.6. The van der Waals surface area contributed by atoms with E-state index in [2.05, 4.69) is 33.8 Å². The van der Waals surface area contributed by atoms with Gasteiger partial charge in [-0.3, -0.25) is 4.79 Å². The molecular weight excluding hydrogens is 488 g/mol. The molecule has 3 aromatic rings. The van der Waals surface area contributed by atoms with Crippen molar-refractivity contribution in [3.63, 3.8) is 0 Å². The summed E-state index contributed by atoms with van der Waals surface area (Å²) < 4.78 is 6.47. The fraction of sp³-hybridized carbons (Fsp3) is 0.375. The summed E-state index contributed by atoms with van der Waals surface area (Å²) >= 11 is 4.93. The van der Waals surface area contributed by atoms with Gasteiger partial charge in [0.2, 0.25) is 0 Å². The second kappa shape index (κ2) is 10.1. The minimum absolute atomic E-state index is 0.0109. The molecule has 1 saturated heterocycles. The normalized spacial score (nSPS) is 14.4. The van der Waals surface area contributed by atoms with Gasteiger partial charge in [0.15, 0.2) is 0 Å². The van der Waals surface area contributed by atoms with E-state index in [1.54, 1.807) is 0 Å². The lowest BCUT2D eigenvalue weighted by atomic mass is 10.1. The van der Waals surface area contributed by atoms with Crippen LogP contribution in [-0.4, -0.2) is 66.4 Å².